The van der Waals surface area contributed by atoms with E-state index in [4.69, 9.17) is 14.2 Å². The van der Waals surface area contributed by atoms with Crippen LogP contribution in [0.1, 0.15) is 23.6 Å². The van der Waals surface area contributed by atoms with Gasteiger partial charge >= 0.3 is 0 Å². The van der Waals surface area contributed by atoms with E-state index in [2.05, 4.69) is 42.1 Å². The van der Waals surface area contributed by atoms with Gasteiger partial charge in [-0.25, -0.2) is 4.57 Å². The highest BCUT2D eigenvalue weighted by molar-refractivity contribution is 5.70. The number of pyridine rings is 1. The monoisotopic (exact) mass is 328 g/mol. The van der Waals surface area contributed by atoms with E-state index >= 15 is 0 Å². The molecule has 0 unspecified atom stereocenters. The van der Waals surface area contributed by atoms with Gasteiger partial charge in [-0.3, -0.25) is 0 Å². The molecule has 0 saturated carbocycles. The van der Waals surface area contributed by atoms with Gasteiger partial charge in [0.05, 0.1) is 0 Å². The van der Waals surface area contributed by atoms with Crippen LogP contribution in [0.2, 0.25) is 0 Å². The number of aromatic nitrogens is 1. The van der Waals surface area contributed by atoms with E-state index in [9.17, 15) is 0 Å². The second-order valence-corrected chi connectivity index (χ2v) is 5.56. The van der Waals surface area contributed by atoms with Gasteiger partial charge in [-0.2, -0.15) is 0 Å². The van der Waals surface area contributed by atoms with Crippen LogP contribution >= 0.6 is 0 Å². The molecule has 1 aromatic carbocycles. The zero-order valence-electron chi connectivity index (χ0n) is 14.9. The molecule has 1 aromatic heterocycles. The lowest BCUT2D eigenvalue weighted by Gasteiger charge is -2.14. The fourth-order valence-electron chi connectivity index (χ4n) is 2.38. The lowest BCUT2D eigenvalue weighted by atomic mass is 10.1. The molecule has 128 valence electrons. The van der Waals surface area contributed by atoms with Gasteiger partial charge in [0.2, 0.25) is 0 Å². The van der Waals surface area contributed by atoms with Crippen molar-refractivity contribution in [3.63, 3.8) is 0 Å². The van der Waals surface area contributed by atoms with Gasteiger partial charge in [-0.1, -0.05) is 31.2 Å². The molecule has 0 saturated heterocycles. The first-order valence-electron chi connectivity index (χ1n) is 8.11. The van der Waals surface area contributed by atoms with Crippen molar-refractivity contribution in [1.82, 2.24) is 0 Å². The fraction of sp³-hybridized carbons (Fsp3) is 0.350. The Hall–Kier alpha value is -2.17. The second-order valence-electron chi connectivity index (χ2n) is 5.56. The Kier molecular flexibility index (Phi) is 6.97. The molecule has 0 amide bonds. The van der Waals surface area contributed by atoms with Crippen molar-refractivity contribution in [2.75, 3.05) is 20.8 Å². The van der Waals surface area contributed by atoms with E-state index in [0.29, 0.717) is 6.61 Å². The van der Waals surface area contributed by atoms with Gasteiger partial charge in [0, 0.05) is 25.8 Å². The zero-order chi connectivity index (χ0) is 17.4. The lowest BCUT2D eigenvalue weighted by molar-refractivity contribution is -0.671. The molecule has 0 fully saturated rings. The van der Waals surface area contributed by atoms with Crippen LogP contribution in [0.3, 0.4) is 0 Å². The van der Waals surface area contributed by atoms with Crippen LogP contribution in [-0.2, 0) is 22.9 Å². The van der Waals surface area contributed by atoms with E-state index in [-0.39, 0.29) is 6.29 Å². The molecule has 4 heteroatoms. The predicted molar refractivity (Wildman–Crippen MR) is 95.7 cm³/mol. The highest BCUT2D eigenvalue weighted by atomic mass is 16.7. The minimum absolute atomic E-state index is 0.351. The molecule has 2 rings (SSSR count). The van der Waals surface area contributed by atoms with Crippen LogP contribution in [0.4, 0.5) is 0 Å². The van der Waals surface area contributed by atoms with Crippen LogP contribution in [-0.4, -0.2) is 27.1 Å². The van der Waals surface area contributed by atoms with E-state index in [1.54, 1.807) is 14.2 Å². The minimum Gasteiger partial charge on any atom is -0.488 e. The summed E-state index contributed by atoms with van der Waals surface area (Å²) in [5.41, 5.74) is 3.72. The Labute approximate surface area is 144 Å². The molecule has 0 spiro atoms. The number of hydrogen-bond donors (Lipinski definition) is 0. The molecular formula is C20H26NO3+. The molecule has 0 atom stereocenters. The van der Waals surface area contributed by atoms with Gasteiger partial charge in [0.15, 0.2) is 18.7 Å². The van der Waals surface area contributed by atoms with Gasteiger partial charge in [-0.15, -0.1) is 0 Å². The minimum atomic E-state index is -0.351. The van der Waals surface area contributed by atoms with Crippen molar-refractivity contribution in [3.8, 4) is 5.75 Å². The maximum absolute atomic E-state index is 5.64. The van der Waals surface area contributed by atoms with E-state index in [0.717, 1.165) is 17.7 Å². The molecule has 2 aromatic rings. The van der Waals surface area contributed by atoms with Crippen LogP contribution in [0, 0.1) is 0 Å². The average Bonchev–Trinajstić information content (AvgIpc) is 2.62. The number of aryl methyl sites for hydroxylation is 2. The van der Waals surface area contributed by atoms with Crippen LogP contribution in [0.5, 0.6) is 5.75 Å². The second kappa shape index (κ2) is 9.21. The van der Waals surface area contributed by atoms with Crippen molar-refractivity contribution in [2.45, 2.75) is 19.6 Å². The number of ether oxygens (including phenoxy) is 3. The molecular weight excluding hydrogens is 302 g/mol. The average molecular weight is 328 g/mol. The van der Waals surface area contributed by atoms with Crippen LogP contribution in [0.25, 0.3) is 12.2 Å². The normalized spacial score (nSPS) is 11.4. The highest BCUT2D eigenvalue weighted by Crippen LogP contribution is 2.16. The summed E-state index contributed by atoms with van der Waals surface area (Å²) >= 11 is 0. The van der Waals surface area contributed by atoms with E-state index in [1.807, 2.05) is 31.3 Å². The predicted octanol–water partition coefficient (Wildman–Crippen LogP) is 3.24. The maximum Gasteiger partial charge on any atom is 0.191 e. The smallest absolute Gasteiger partial charge is 0.191 e. The third-order valence-corrected chi connectivity index (χ3v) is 3.85. The molecule has 4 nitrogen and oxygen atoms in total. The summed E-state index contributed by atoms with van der Waals surface area (Å²) in [6.45, 7) is 2.54. The van der Waals surface area contributed by atoms with Gasteiger partial charge in [0.25, 0.3) is 0 Å². The van der Waals surface area contributed by atoms with Crippen molar-refractivity contribution in [1.29, 1.82) is 0 Å². The van der Waals surface area contributed by atoms with Crippen molar-refractivity contribution in [2.24, 2.45) is 7.05 Å². The van der Waals surface area contributed by atoms with Crippen molar-refractivity contribution >= 4 is 12.2 Å². The molecule has 0 radical (unpaired) electrons. The summed E-state index contributed by atoms with van der Waals surface area (Å²) in [7, 11) is 5.24. The quantitative estimate of drug-likeness (QED) is 0.551. The number of methoxy groups -OCH3 is 2. The summed E-state index contributed by atoms with van der Waals surface area (Å²) in [6, 6.07) is 10.1. The van der Waals surface area contributed by atoms with Crippen molar-refractivity contribution < 1.29 is 18.8 Å². The zero-order valence-corrected chi connectivity index (χ0v) is 14.9. The van der Waals surface area contributed by atoms with Crippen LogP contribution in [0.15, 0.2) is 42.7 Å². The maximum atomic E-state index is 5.64. The Balaban J connectivity index is 2.01. The molecule has 0 aliphatic carbocycles. The lowest BCUT2D eigenvalue weighted by Crippen LogP contribution is -2.27. The molecule has 0 aliphatic rings. The Morgan fingerprint density at radius 1 is 1.04 bits per heavy atom. The summed E-state index contributed by atoms with van der Waals surface area (Å²) in [4.78, 5) is 0. The third-order valence-electron chi connectivity index (χ3n) is 3.85. The first-order chi connectivity index (χ1) is 11.7. The largest absolute Gasteiger partial charge is 0.488 e. The fourth-order valence-corrected chi connectivity index (χ4v) is 2.38. The highest BCUT2D eigenvalue weighted by Gasteiger charge is 2.06. The van der Waals surface area contributed by atoms with E-state index < -0.39 is 0 Å². The van der Waals surface area contributed by atoms with E-state index in [1.165, 1.54) is 11.1 Å². The Morgan fingerprint density at radius 2 is 1.75 bits per heavy atom. The topological polar surface area (TPSA) is 31.6 Å². The summed E-state index contributed by atoms with van der Waals surface area (Å²) in [5.74, 6) is 0.798. The van der Waals surface area contributed by atoms with Crippen molar-refractivity contribution in [3.05, 3.63) is 59.4 Å². The molecule has 0 aliphatic heterocycles. The molecule has 0 bridgehead atoms. The number of hydrogen-bond acceptors (Lipinski definition) is 3. The van der Waals surface area contributed by atoms with Crippen LogP contribution < -0.4 is 9.30 Å². The standard InChI is InChI=1S/C20H26NO3/c1-5-17-14-21(2)13-12-18(17)9-6-16-7-10-19(11-8-16)24-15-20(22-3)23-4/h6-14,20H,5,15H2,1-4H3/q+1. The first kappa shape index (κ1) is 18.2. The first-order valence-corrected chi connectivity index (χ1v) is 8.11. The number of nitrogens with zero attached hydrogens (tertiary/aromatic N) is 1. The summed E-state index contributed by atoms with van der Waals surface area (Å²) in [6.07, 6.45) is 9.17. The number of rotatable bonds is 8. The number of benzene rings is 1. The van der Waals surface area contributed by atoms with Gasteiger partial charge in [0.1, 0.15) is 19.4 Å². The molecule has 1 heterocycles. The Morgan fingerprint density at radius 3 is 2.38 bits per heavy atom. The Bertz CT molecular complexity index is 661. The van der Waals surface area contributed by atoms with Gasteiger partial charge in [-0.05, 0) is 29.7 Å². The molecule has 24 heavy (non-hydrogen) atoms. The SMILES string of the molecule is CCc1c[n+](C)ccc1C=Cc1ccc(OCC(OC)OC)cc1. The summed E-state index contributed by atoms with van der Waals surface area (Å²) in [5, 5.41) is 0. The van der Waals surface area contributed by atoms with Gasteiger partial charge < -0.3 is 14.2 Å². The summed E-state index contributed by atoms with van der Waals surface area (Å²) < 4.78 is 17.9. The molecule has 0 N–H and O–H groups in total. The third kappa shape index (κ3) is 5.18.